The topological polar surface area (TPSA) is 60.9 Å². The molecule has 0 atom stereocenters. The van der Waals surface area contributed by atoms with Crippen LogP contribution in [0.2, 0.25) is 0 Å². The summed E-state index contributed by atoms with van der Waals surface area (Å²) in [6, 6.07) is 9.63. The number of aliphatic hydroxyl groups excluding tert-OH is 1. The summed E-state index contributed by atoms with van der Waals surface area (Å²) in [5.41, 5.74) is 0.981. The van der Waals surface area contributed by atoms with E-state index in [9.17, 15) is 9.59 Å². The lowest BCUT2D eigenvalue weighted by atomic mass is 10.2. The van der Waals surface area contributed by atoms with Crippen molar-refractivity contribution in [1.29, 1.82) is 0 Å². The fourth-order valence-corrected chi connectivity index (χ4v) is 2.11. The van der Waals surface area contributed by atoms with Crippen molar-refractivity contribution in [3.8, 4) is 0 Å². The van der Waals surface area contributed by atoms with Crippen molar-refractivity contribution < 1.29 is 14.7 Å². The van der Waals surface area contributed by atoms with Gasteiger partial charge in [-0.2, -0.15) is 0 Å². The third kappa shape index (κ3) is 3.68. The molecule has 1 aromatic rings. The van der Waals surface area contributed by atoms with Gasteiger partial charge in [-0.3, -0.25) is 9.59 Å². The molecule has 0 aromatic heterocycles. The van der Waals surface area contributed by atoms with Crippen molar-refractivity contribution in [3.63, 3.8) is 0 Å². The Labute approximate surface area is 118 Å². The van der Waals surface area contributed by atoms with Gasteiger partial charge in [0, 0.05) is 32.3 Å². The molecule has 0 spiro atoms. The van der Waals surface area contributed by atoms with Gasteiger partial charge in [-0.1, -0.05) is 30.3 Å². The zero-order valence-corrected chi connectivity index (χ0v) is 11.2. The van der Waals surface area contributed by atoms with E-state index in [1.54, 1.807) is 22.0 Å². The monoisotopic (exact) mass is 274 g/mol. The average molecular weight is 274 g/mol. The molecule has 2 rings (SSSR count). The van der Waals surface area contributed by atoms with Crippen LogP contribution in [0.15, 0.2) is 36.4 Å². The minimum absolute atomic E-state index is 0.0510. The Morgan fingerprint density at radius 1 is 1.05 bits per heavy atom. The quantitative estimate of drug-likeness (QED) is 0.810. The molecule has 20 heavy (non-hydrogen) atoms. The van der Waals surface area contributed by atoms with E-state index in [-0.39, 0.29) is 11.8 Å². The summed E-state index contributed by atoms with van der Waals surface area (Å²) in [5.74, 6) is -0.332. The van der Waals surface area contributed by atoms with E-state index in [0.29, 0.717) is 26.2 Å². The maximum absolute atomic E-state index is 12.0. The summed E-state index contributed by atoms with van der Waals surface area (Å²) in [4.78, 5) is 26.6. The summed E-state index contributed by atoms with van der Waals surface area (Å²) in [7, 11) is 0. The lowest BCUT2D eigenvalue weighted by molar-refractivity contribution is -0.139. The molecular formula is C15H18N2O3. The Morgan fingerprint density at radius 2 is 1.65 bits per heavy atom. The number of amides is 2. The van der Waals surface area contributed by atoms with Gasteiger partial charge < -0.3 is 14.9 Å². The molecule has 1 N–H and O–H groups in total. The van der Waals surface area contributed by atoms with E-state index in [2.05, 4.69) is 0 Å². The Kier molecular flexibility index (Phi) is 4.90. The first-order valence-electron chi connectivity index (χ1n) is 6.61. The van der Waals surface area contributed by atoms with E-state index in [4.69, 9.17) is 5.11 Å². The van der Waals surface area contributed by atoms with Crippen molar-refractivity contribution in [2.45, 2.75) is 0 Å². The molecule has 106 valence electrons. The maximum Gasteiger partial charge on any atom is 0.248 e. The van der Waals surface area contributed by atoms with Gasteiger partial charge in [0.2, 0.25) is 11.8 Å². The van der Waals surface area contributed by atoms with Crippen LogP contribution in [-0.2, 0) is 9.59 Å². The molecular weight excluding hydrogens is 256 g/mol. The first-order valence-corrected chi connectivity index (χ1v) is 6.61. The number of carbonyl (C=O) groups excluding carboxylic acids is 2. The maximum atomic E-state index is 12.0. The number of benzene rings is 1. The lowest BCUT2D eigenvalue weighted by Crippen LogP contribution is -2.50. The zero-order valence-electron chi connectivity index (χ0n) is 11.2. The van der Waals surface area contributed by atoms with Crippen LogP contribution in [0.5, 0.6) is 0 Å². The van der Waals surface area contributed by atoms with Crippen molar-refractivity contribution >= 4 is 17.9 Å². The van der Waals surface area contributed by atoms with Gasteiger partial charge in [0.15, 0.2) is 0 Å². The largest absolute Gasteiger partial charge is 0.387 e. The summed E-state index contributed by atoms with van der Waals surface area (Å²) >= 11 is 0. The second kappa shape index (κ2) is 6.86. The third-order valence-electron chi connectivity index (χ3n) is 3.30. The molecule has 5 heteroatoms. The van der Waals surface area contributed by atoms with Crippen LogP contribution in [0.3, 0.4) is 0 Å². The number of rotatable bonds is 3. The first kappa shape index (κ1) is 14.3. The minimum atomic E-state index is -0.470. The molecule has 1 heterocycles. The highest BCUT2D eigenvalue weighted by Crippen LogP contribution is 2.05. The van der Waals surface area contributed by atoms with Gasteiger partial charge in [0.05, 0.1) is 0 Å². The highest BCUT2D eigenvalue weighted by molar-refractivity contribution is 5.92. The summed E-state index contributed by atoms with van der Waals surface area (Å²) < 4.78 is 0. The number of hydrogen-bond acceptors (Lipinski definition) is 3. The van der Waals surface area contributed by atoms with Gasteiger partial charge in [-0.25, -0.2) is 0 Å². The van der Waals surface area contributed by atoms with E-state index < -0.39 is 6.61 Å². The molecule has 0 radical (unpaired) electrons. The highest BCUT2D eigenvalue weighted by atomic mass is 16.3. The van der Waals surface area contributed by atoms with Gasteiger partial charge in [-0.15, -0.1) is 0 Å². The van der Waals surface area contributed by atoms with Crippen molar-refractivity contribution in [2.24, 2.45) is 0 Å². The minimum Gasteiger partial charge on any atom is -0.387 e. The van der Waals surface area contributed by atoms with Crippen LogP contribution < -0.4 is 0 Å². The number of piperazine rings is 1. The fraction of sp³-hybridized carbons (Fsp3) is 0.333. The van der Waals surface area contributed by atoms with Gasteiger partial charge in [0.25, 0.3) is 0 Å². The molecule has 0 bridgehead atoms. The molecule has 1 aliphatic heterocycles. The number of nitrogens with zero attached hydrogens (tertiary/aromatic N) is 2. The standard InChI is InChI=1S/C15H18N2O3/c18-12-15(20)17-10-8-16(9-11-17)14(19)7-6-13-4-2-1-3-5-13/h1-7,18H,8-12H2/b7-6+. The van der Waals surface area contributed by atoms with Crippen LogP contribution in [-0.4, -0.2) is 59.5 Å². The summed E-state index contributed by atoms with van der Waals surface area (Å²) in [6.07, 6.45) is 3.34. The van der Waals surface area contributed by atoms with Crippen molar-refractivity contribution in [3.05, 3.63) is 42.0 Å². The van der Waals surface area contributed by atoms with Gasteiger partial charge in [-0.05, 0) is 11.6 Å². The van der Waals surface area contributed by atoms with Crippen LogP contribution >= 0.6 is 0 Å². The Bertz CT molecular complexity index is 491. The zero-order chi connectivity index (χ0) is 14.4. The number of aliphatic hydroxyl groups is 1. The molecule has 1 saturated heterocycles. The van der Waals surface area contributed by atoms with E-state index >= 15 is 0 Å². The summed E-state index contributed by atoms with van der Waals surface area (Å²) in [6.45, 7) is 1.49. The molecule has 0 aliphatic carbocycles. The third-order valence-corrected chi connectivity index (χ3v) is 3.30. The normalized spacial score (nSPS) is 15.7. The van der Waals surface area contributed by atoms with Crippen LogP contribution in [0.4, 0.5) is 0 Å². The lowest BCUT2D eigenvalue weighted by Gasteiger charge is -2.33. The van der Waals surface area contributed by atoms with Crippen LogP contribution in [0, 0.1) is 0 Å². The van der Waals surface area contributed by atoms with Gasteiger partial charge in [0.1, 0.15) is 6.61 Å². The van der Waals surface area contributed by atoms with E-state index in [1.807, 2.05) is 30.3 Å². The molecule has 1 fully saturated rings. The van der Waals surface area contributed by atoms with Crippen LogP contribution in [0.1, 0.15) is 5.56 Å². The number of carbonyl (C=O) groups is 2. The average Bonchev–Trinajstić information content (AvgIpc) is 2.53. The smallest absolute Gasteiger partial charge is 0.248 e. The first-order chi connectivity index (χ1) is 9.70. The molecule has 2 amide bonds. The predicted molar refractivity (Wildman–Crippen MR) is 75.7 cm³/mol. The molecule has 5 nitrogen and oxygen atoms in total. The van der Waals surface area contributed by atoms with Gasteiger partial charge >= 0.3 is 0 Å². The Balaban J connectivity index is 1.86. The SMILES string of the molecule is O=C(/C=C/c1ccccc1)N1CCN(C(=O)CO)CC1. The van der Waals surface area contributed by atoms with Crippen molar-refractivity contribution in [1.82, 2.24) is 9.80 Å². The van der Waals surface area contributed by atoms with Crippen LogP contribution in [0.25, 0.3) is 6.08 Å². The highest BCUT2D eigenvalue weighted by Gasteiger charge is 2.22. The molecule has 1 aromatic carbocycles. The molecule has 1 aliphatic rings. The van der Waals surface area contributed by atoms with E-state index in [0.717, 1.165) is 5.56 Å². The summed E-state index contributed by atoms with van der Waals surface area (Å²) in [5, 5.41) is 8.79. The second-order valence-corrected chi connectivity index (χ2v) is 4.61. The number of hydrogen-bond donors (Lipinski definition) is 1. The fourth-order valence-electron chi connectivity index (χ4n) is 2.11. The molecule has 0 unspecified atom stereocenters. The Hall–Kier alpha value is -2.14. The predicted octanol–water partition coefficient (Wildman–Crippen LogP) is 0.363. The molecule has 0 saturated carbocycles. The van der Waals surface area contributed by atoms with E-state index in [1.165, 1.54) is 0 Å². The van der Waals surface area contributed by atoms with Crippen molar-refractivity contribution in [2.75, 3.05) is 32.8 Å². The Morgan fingerprint density at radius 3 is 2.25 bits per heavy atom. The second-order valence-electron chi connectivity index (χ2n) is 4.61.